The minimum absolute atomic E-state index is 0.166. The van der Waals surface area contributed by atoms with E-state index in [0.717, 1.165) is 0 Å². The van der Waals surface area contributed by atoms with Gasteiger partial charge in [-0.15, -0.1) is 0 Å². The highest BCUT2D eigenvalue weighted by molar-refractivity contribution is 4.98. The van der Waals surface area contributed by atoms with Gasteiger partial charge in [-0.3, -0.25) is 0 Å². The van der Waals surface area contributed by atoms with E-state index in [9.17, 15) is 0 Å². The molecule has 3 heterocycles. The molecule has 3 aliphatic heterocycles. The first-order chi connectivity index (χ1) is 8.81. The molecule has 0 amide bonds. The van der Waals surface area contributed by atoms with Crippen LogP contribution in [-0.4, -0.2) is 56.0 Å². The predicted octanol–water partition coefficient (Wildman–Crippen LogP) is 1.03. The van der Waals surface area contributed by atoms with Gasteiger partial charge in [0, 0.05) is 7.11 Å². The Morgan fingerprint density at radius 3 is 2.26 bits per heavy atom. The molecule has 0 N–H and O–H groups in total. The first-order valence-electron chi connectivity index (χ1n) is 6.67. The van der Waals surface area contributed by atoms with Gasteiger partial charge in [-0.2, -0.15) is 0 Å². The molecule has 0 aliphatic carbocycles. The lowest BCUT2D eigenvalue weighted by Crippen LogP contribution is -2.43. The number of hydrogen-bond donors (Lipinski definition) is 0. The van der Waals surface area contributed by atoms with Crippen LogP contribution >= 0.6 is 0 Å². The fourth-order valence-electron chi connectivity index (χ4n) is 2.95. The first-order valence-corrected chi connectivity index (χ1v) is 6.67. The zero-order valence-corrected chi connectivity index (χ0v) is 12.0. The number of fused-ring (bicyclic) bond motifs is 1. The molecule has 4 unspecified atom stereocenters. The van der Waals surface area contributed by atoms with Crippen molar-refractivity contribution in [2.24, 2.45) is 0 Å². The first kappa shape index (κ1) is 13.7. The van der Waals surface area contributed by atoms with Crippen molar-refractivity contribution < 1.29 is 28.4 Å². The van der Waals surface area contributed by atoms with E-state index in [1.165, 1.54) is 0 Å². The van der Waals surface area contributed by atoms with E-state index in [1.54, 1.807) is 7.11 Å². The summed E-state index contributed by atoms with van der Waals surface area (Å²) in [5, 5.41) is 0. The van der Waals surface area contributed by atoms with Crippen LogP contribution in [-0.2, 0) is 28.4 Å². The van der Waals surface area contributed by atoms with E-state index in [-0.39, 0.29) is 24.4 Å². The van der Waals surface area contributed by atoms with E-state index in [2.05, 4.69) is 0 Å². The summed E-state index contributed by atoms with van der Waals surface area (Å²) in [6.45, 7) is 8.01. The molecule has 3 rings (SSSR count). The zero-order valence-electron chi connectivity index (χ0n) is 12.0. The lowest BCUT2D eigenvalue weighted by atomic mass is 10.1. The standard InChI is InChI=1S/C13H22O6/c1-12(2)15-6-7(17-12)8-9(14-5)10-11(16-8)19-13(3,4)18-10/h7-11H,6H2,1-5H3/t7-,8?,9?,10?,11?/m0/s1. The van der Waals surface area contributed by atoms with Crippen molar-refractivity contribution in [3.63, 3.8) is 0 Å². The highest BCUT2D eigenvalue weighted by Crippen LogP contribution is 2.41. The van der Waals surface area contributed by atoms with Crippen LogP contribution in [0, 0.1) is 0 Å². The second-order valence-electron chi connectivity index (χ2n) is 6.14. The van der Waals surface area contributed by atoms with Crippen LogP contribution in [0.15, 0.2) is 0 Å². The number of hydrogen-bond acceptors (Lipinski definition) is 6. The third kappa shape index (κ3) is 2.41. The Morgan fingerprint density at radius 1 is 0.947 bits per heavy atom. The van der Waals surface area contributed by atoms with E-state index in [4.69, 9.17) is 28.4 Å². The summed E-state index contributed by atoms with van der Waals surface area (Å²) in [6, 6.07) is 0. The average Bonchev–Trinajstić information content (AvgIpc) is 2.87. The third-order valence-electron chi connectivity index (χ3n) is 3.70. The molecule has 0 aromatic carbocycles. The molecule has 110 valence electrons. The molecule has 3 saturated heterocycles. The quantitative estimate of drug-likeness (QED) is 0.749. The van der Waals surface area contributed by atoms with Gasteiger partial charge in [-0.1, -0.05) is 0 Å². The summed E-state index contributed by atoms with van der Waals surface area (Å²) in [4.78, 5) is 0. The molecule has 0 bridgehead atoms. The minimum atomic E-state index is -0.636. The van der Waals surface area contributed by atoms with Crippen molar-refractivity contribution in [2.45, 2.75) is 70.0 Å². The molecule has 3 fully saturated rings. The van der Waals surface area contributed by atoms with Crippen molar-refractivity contribution in [3.05, 3.63) is 0 Å². The van der Waals surface area contributed by atoms with E-state index in [1.807, 2.05) is 27.7 Å². The van der Waals surface area contributed by atoms with Crippen LogP contribution in [0.4, 0.5) is 0 Å². The Labute approximate surface area is 113 Å². The van der Waals surface area contributed by atoms with Crippen molar-refractivity contribution >= 4 is 0 Å². The summed E-state index contributed by atoms with van der Waals surface area (Å²) in [6.07, 6.45) is -1.25. The topological polar surface area (TPSA) is 55.4 Å². The van der Waals surface area contributed by atoms with Gasteiger partial charge in [0.1, 0.15) is 24.4 Å². The third-order valence-corrected chi connectivity index (χ3v) is 3.70. The molecule has 19 heavy (non-hydrogen) atoms. The van der Waals surface area contributed by atoms with Gasteiger partial charge in [0.2, 0.25) is 0 Å². The molecular weight excluding hydrogens is 252 g/mol. The Balaban J connectivity index is 1.72. The molecule has 0 saturated carbocycles. The van der Waals surface area contributed by atoms with Crippen molar-refractivity contribution in [1.82, 2.24) is 0 Å². The number of rotatable bonds is 2. The van der Waals surface area contributed by atoms with Gasteiger partial charge in [0.15, 0.2) is 17.9 Å². The monoisotopic (exact) mass is 274 g/mol. The Hall–Kier alpha value is -0.240. The second kappa shape index (κ2) is 4.38. The van der Waals surface area contributed by atoms with Gasteiger partial charge in [0.05, 0.1) is 6.61 Å². The van der Waals surface area contributed by atoms with Crippen LogP contribution in [0.25, 0.3) is 0 Å². The molecule has 6 heteroatoms. The molecule has 0 aromatic rings. The molecular formula is C13H22O6. The number of ether oxygens (including phenoxy) is 6. The summed E-state index contributed by atoms with van der Waals surface area (Å²) < 4.78 is 34.5. The molecule has 3 aliphatic rings. The summed E-state index contributed by atoms with van der Waals surface area (Å²) in [7, 11) is 1.65. The smallest absolute Gasteiger partial charge is 0.190 e. The van der Waals surface area contributed by atoms with Gasteiger partial charge < -0.3 is 28.4 Å². The van der Waals surface area contributed by atoms with Crippen LogP contribution in [0.2, 0.25) is 0 Å². The zero-order chi connectivity index (χ0) is 13.8. The fourth-order valence-corrected chi connectivity index (χ4v) is 2.95. The maximum atomic E-state index is 5.92. The van der Waals surface area contributed by atoms with Crippen LogP contribution in [0.1, 0.15) is 27.7 Å². The highest BCUT2D eigenvalue weighted by Gasteiger charge is 2.58. The van der Waals surface area contributed by atoms with Gasteiger partial charge >= 0.3 is 0 Å². The lowest BCUT2D eigenvalue weighted by molar-refractivity contribution is -0.234. The van der Waals surface area contributed by atoms with Crippen LogP contribution in [0.5, 0.6) is 0 Å². The van der Waals surface area contributed by atoms with Crippen LogP contribution < -0.4 is 0 Å². The minimum Gasteiger partial charge on any atom is -0.376 e. The second-order valence-corrected chi connectivity index (χ2v) is 6.14. The Bertz CT molecular complexity index is 355. The summed E-state index contributed by atoms with van der Waals surface area (Å²) in [5.41, 5.74) is 0. The SMILES string of the molecule is COC1C2OC(C)(C)OC2OC1[C@@H]1COC(C)(C)O1. The van der Waals surface area contributed by atoms with Crippen LogP contribution in [0.3, 0.4) is 0 Å². The van der Waals surface area contributed by atoms with E-state index in [0.29, 0.717) is 6.61 Å². The lowest BCUT2D eigenvalue weighted by Gasteiger charge is -2.28. The molecule has 0 radical (unpaired) electrons. The molecule has 6 nitrogen and oxygen atoms in total. The molecule has 5 atom stereocenters. The fraction of sp³-hybridized carbons (Fsp3) is 1.00. The summed E-state index contributed by atoms with van der Waals surface area (Å²) in [5.74, 6) is -1.21. The van der Waals surface area contributed by atoms with Crippen molar-refractivity contribution in [2.75, 3.05) is 13.7 Å². The van der Waals surface area contributed by atoms with Crippen molar-refractivity contribution in [3.8, 4) is 0 Å². The highest BCUT2D eigenvalue weighted by atomic mass is 16.8. The Morgan fingerprint density at radius 2 is 1.68 bits per heavy atom. The van der Waals surface area contributed by atoms with Gasteiger partial charge in [-0.05, 0) is 27.7 Å². The van der Waals surface area contributed by atoms with Gasteiger partial charge in [-0.25, -0.2) is 0 Å². The van der Waals surface area contributed by atoms with E-state index < -0.39 is 17.9 Å². The molecule has 0 spiro atoms. The van der Waals surface area contributed by atoms with Crippen molar-refractivity contribution in [1.29, 1.82) is 0 Å². The summed E-state index contributed by atoms with van der Waals surface area (Å²) >= 11 is 0. The van der Waals surface area contributed by atoms with Gasteiger partial charge in [0.25, 0.3) is 0 Å². The average molecular weight is 274 g/mol. The normalized spacial score (nSPS) is 47.5. The molecule has 0 aromatic heterocycles. The largest absolute Gasteiger partial charge is 0.376 e. The maximum Gasteiger partial charge on any atom is 0.190 e. The Kier molecular flexibility index (Phi) is 3.16. The van der Waals surface area contributed by atoms with E-state index >= 15 is 0 Å². The maximum absolute atomic E-state index is 5.92. The number of methoxy groups -OCH3 is 1. The predicted molar refractivity (Wildman–Crippen MR) is 64.4 cm³/mol.